The fourth-order valence-corrected chi connectivity index (χ4v) is 1.90. The highest BCUT2D eigenvalue weighted by Crippen LogP contribution is 2.23. The highest BCUT2D eigenvalue weighted by molar-refractivity contribution is 5.82. The fourth-order valence-electron chi connectivity index (χ4n) is 1.90. The quantitative estimate of drug-likeness (QED) is 0.837. The second-order valence-electron chi connectivity index (χ2n) is 4.83. The number of benzene rings is 1. The molecule has 1 amide bonds. The Morgan fingerprint density at radius 1 is 1.38 bits per heavy atom. The number of carbonyl (C=O) groups excluding carboxylic acids is 1. The fraction of sp³-hybridized carbons (Fsp3) is 0.429. The van der Waals surface area contributed by atoms with Crippen LogP contribution in [0, 0.1) is 11.6 Å². The standard InChI is InChI=1S/C14H18F2N2O3/c1-8(10-7-9(15)3-4-11(10)16)18(2)14(21)12(17)5-6-13(19)20/h3-4,7-8,12H,5-6,17H2,1-2H3,(H,19,20). The lowest BCUT2D eigenvalue weighted by atomic mass is 10.0. The van der Waals surface area contributed by atoms with E-state index < -0.39 is 35.6 Å². The van der Waals surface area contributed by atoms with Crippen LogP contribution in [0.4, 0.5) is 8.78 Å². The number of amides is 1. The Labute approximate surface area is 121 Å². The number of carboxylic acid groups (broad SMARTS) is 1. The average Bonchev–Trinajstić information content (AvgIpc) is 2.44. The summed E-state index contributed by atoms with van der Waals surface area (Å²) < 4.78 is 26.9. The van der Waals surface area contributed by atoms with Crippen molar-refractivity contribution >= 4 is 11.9 Å². The molecule has 1 aromatic carbocycles. The molecular formula is C14H18F2N2O3. The van der Waals surface area contributed by atoms with Gasteiger partial charge in [0.25, 0.3) is 0 Å². The van der Waals surface area contributed by atoms with E-state index in [1.165, 1.54) is 11.9 Å². The van der Waals surface area contributed by atoms with Crippen molar-refractivity contribution in [3.05, 3.63) is 35.4 Å². The summed E-state index contributed by atoms with van der Waals surface area (Å²) in [5.74, 6) is -2.80. The van der Waals surface area contributed by atoms with Crippen molar-refractivity contribution in [1.29, 1.82) is 0 Å². The van der Waals surface area contributed by atoms with Gasteiger partial charge in [-0.2, -0.15) is 0 Å². The molecule has 2 atom stereocenters. The van der Waals surface area contributed by atoms with E-state index >= 15 is 0 Å². The minimum absolute atomic E-state index is 0.0170. The largest absolute Gasteiger partial charge is 0.481 e. The molecule has 0 aliphatic rings. The molecule has 0 aliphatic heterocycles. The molecule has 5 nitrogen and oxygen atoms in total. The minimum atomic E-state index is -1.05. The molecule has 116 valence electrons. The van der Waals surface area contributed by atoms with Crippen LogP contribution in [-0.2, 0) is 9.59 Å². The van der Waals surface area contributed by atoms with Crippen LogP contribution in [0.25, 0.3) is 0 Å². The topological polar surface area (TPSA) is 83.6 Å². The molecule has 0 saturated carbocycles. The van der Waals surface area contributed by atoms with Gasteiger partial charge in [-0.3, -0.25) is 9.59 Å². The van der Waals surface area contributed by atoms with Crippen molar-refractivity contribution in [1.82, 2.24) is 4.90 Å². The number of nitrogens with zero attached hydrogens (tertiary/aromatic N) is 1. The van der Waals surface area contributed by atoms with Crippen LogP contribution in [-0.4, -0.2) is 35.0 Å². The average molecular weight is 300 g/mol. The lowest BCUT2D eigenvalue weighted by Gasteiger charge is -2.28. The number of nitrogens with two attached hydrogens (primary N) is 1. The van der Waals surface area contributed by atoms with Gasteiger partial charge in [0.15, 0.2) is 0 Å². The van der Waals surface area contributed by atoms with E-state index in [-0.39, 0.29) is 18.4 Å². The van der Waals surface area contributed by atoms with Crippen molar-refractivity contribution < 1.29 is 23.5 Å². The highest BCUT2D eigenvalue weighted by Gasteiger charge is 2.25. The third-order valence-corrected chi connectivity index (χ3v) is 3.32. The number of carbonyl (C=O) groups is 2. The summed E-state index contributed by atoms with van der Waals surface area (Å²) in [6, 6.07) is 1.29. The second-order valence-corrected chi connectivity index (χ2v) is 4.83. The number of rotatable bonds is 6. The van der Waals surface area contributed by atoms with Crippen LogP contribution >= 0.6 is 0 Å². The number of halogens is 2. The molecule has 2 unspecified atom stereocenters. The van der Waals surface area contributed by atoms with E-state index in [4.69, 9.17) is 10.8 Å². The lowest BCUT2D eigenvalue weighted by molar-refractivity contribution is -0.137. The molecule has 3 N–H and O–H groups in total. The Morgan fingerprint density at radius 3 is 2.57 bits per heavy atom. The van der Waals surface area contributed by atoms with Gasteiger partial charge in [0.1, 0.15) is 11.6 Å². The summed E-state index contributed by atoms with van der Waals surface area (Å²) in [5, 5.41) is 8.57. The summed E-state index contributed by atoms with van der Waals surface area (Å²) >= 11 is 0. The van der Waals surface area contributed by atoms with Gasteiger partial charge in [-0.25, -0.2) is 8.78 Å². The first-order chi connectivity index (χ1) is 9.73. The number of likely N-dealkylation sites (N-methyl/N-ethyl adjacent to an activating group) is 1. The first-order valence-corrected chi connectivity index (χ1v) is 6.43. The Bertz CT molecular complexity index is 537. The van der Waals surface area contributed by atoms with E-state index in [1.54, 1.807) is 6.92 Å². The van der Waals surface area contributed by atoms with E-state index in [2.05, 4.69) is 0 Å². The molecule has 0 heterocycles. The molecule has 0 bridgehead atoms. The SMILES string of the molecule is CC(c1cc(F)ccc1F)N(C)C(=O)C(N)CCC(=O)O. The predicted molar refractivity (Wildman–Crippen MR) is 72.4 cm³/mol. The molecular weight excluding hydrogens is 282 g/mol. The maximum Gasteiger partial charge on any atom is 0.303 e. The van der Waals surface area contributed by atoms with Crippen LogP contribution in [0.15, 0.2) is 18.2 Å². The smallest absolute Gasteiger partial charge is 0.303 e. The van der Waals surface area contributed by atoms with Crippen LogP contribution in [0.3, 0.4) is 0 Å². The summed E-state index contributed by atoms with van der Waals surface area (Å²) in [7, 11) is 1.41. The summed E-state index contributed by atoms with van der Waals surface area (Å²) in [6.45, 7) is 1.54. The maximum atomic E-state index is 13.7. The monoisotopic (exact) mass is 300 g/mol. The molecule has 0 fully saturated rings. The molecule has 21 heavy (non-hydrogen) atoms. The highest BCUT2D eigenvalue weighted by atomic mass is 19.1. The molecule has 0 aliphatic carbocycles. The molecule has 0 radical (unpaired) electrons. The second kappa shape index (κ2) is 7.12. The maximum absolute atomic E-state index is 13.7. The molecule has 1 rings (SSSR count). The predicted octanol–water partition coefficient (Wildman–Crippen LogP) is 1.68. The summed E-state index contributed by atoms with van der Waals surface area (Å²) in [5.41, 5.74) is 5.67. The third kappa shape index (κ3) is 4.49. The van der Waals surface area contributed by atoms with Crippen molar-refractivity contribution in [3.8, 4) is 0 Å². The van der Waals surface area contributed by atoms with Gasteiger partial charge in [0, 0.05) is 19.0 Å². The van der Waals surface area contributed by atoms with E-state index in [1.807, 2.05) is 0 Å². The first-order valence-electron chi connectivity index (χ1n) is 6.43. The Hall–Kier alpha value is -2.02. The van der Waals surface area contributed by atoms with Gasteiger partial charge >= 0.3 is 5.97 Å². The van der Waals surface area contributed by atoms with Crippen molar-refractivity contribution in [2.75, 3.05) is 7.05 Å². The van der Waals surface area contributed by atoms with Crippen molar-refractivity contribution in [2.45, 2.75) is 31.8 Å². The van der Waals surface area contributed by atoms with Crippen LogP contribution in [0.2, 0.25) is 0 Å². The Balaban J connectivity index is 2.81. The van der Waals surface area contributed by atoms with E-state index in [0.717, 1.165) is 18.2 Å². The number of hydrogen-bond donors (Lipinski definition) is 2. The van der Waals surface area contributed by atoms with Gasteiger partial charge in [0.2, 0.25) is 5.91 Å². The summed E-state index contributed by atoms with van der Waals surface area (Å²) in [4.78, 5) is 23.7. The van der Waals surface area contributed by atoms with Crippen LogP contribution < -0.4 is 5.73 Å². The zero-order valence-corrected chi connectivity index (χ0v) is 11.8. The lowest BCUT2D eigenvalue weighted by Crippen LogP contribution is -2.43. The van der Waals surface area contributed by atoms with Crippen LogP contribution in [0.5, 0.6) is 0 Å². The Morgan fingerprint density at radius 2 is 2.00 bits per heavy atom. The zero-order chi connectivity index (χ0) is 16.2. The molecule has 0 spiro atoms. The Kier molecular flexibility index (Phi) is 5.78. The van der Waals surface area contributed by atoms with Gasteiger partial charge < -0.3 is 15.7 Å². The van der Waals surface area contributed by atoms with Crippen molar-refractivity contribution in [3.63, 3.8) is 0 Å². The van der Waals surface area contributed by atoms with E-state index in [0.29, 0.717) is 0 Å². The van der Waals surface area contributed by atoms with Gasteiger partial charge in [-0.15, -0.1) is 0 Å². The summed E-state index contributed by atoms with van der Waals surface area (Å²) in [6.07, 6.45) is -0.250. The molecule has 0 aromatic heterocycles. The zero-order valence-electron chi connectivity index (χ0n) is 11.8. The molecule has 7 heteroatoms. The van der Waals surface area contributed by atoms with Gasteiger partial charge in [-0.1, -0.05) is 0 Å². The van der Waals surface area contributed by atoms with Gasteiger partial charge in [-0.05, 0) is 31.5 Å². The molecule has 0 saturated heterocycles. The van der Waals surface area contributed by atoms with Gasteiger partial charge in [0.05, 0.1) is 12.1 Å². The van der Waals surface area contributed by atoms with E-state index in [9.17, 15) is 18.4 Å². The van der Waals surface area contributed by atoms with Crippen LogP contribution in [0.1, 0.15) is 31.4 Å². The normalized spacial score (nSPS) is 13.6. The molecule has 1 aromatic rings. The minimum Gasteiger partial charge on any atom is -0.481 e. The number of carboxylic acids is 1. The number of hydrogen-bond acceptors (Lipinski definition) is 3. The number of aliphatic carboxylic acids is 1. The first kappa shape index (κ1) is 17.0. The van der Waals surface area contributed by atoms with Crippen molar-refractivity contribution in [2.24, 2.45) is 5.73 Å². The third-order valence-electron chi connectivity index (χ3n) is 3.32.